The second-order valence-electron chi connectivity index (χ2n) is 22.9. The molecule has 0 spiro atoms. The number of piperidine rings is 1. The predicted octanol–water partition coefficient (Wildman–Crippen LogP) is 7.00. The maximum Gasteiger partial charge on any atom is 0.407 e. The summed E-state index contributed by atoms with van der Waals surface area (Å²) in [5.41, 5.74) is 1.23. The molecule has 2 amide bonds. The number of hydrogen-bond donors (Lipinski definition) is 3. The Balaban J connectivity index is 1.53. The van der Waals surface area contributed by atoms with Crippen molar-refractivity contribution in [1.29, 1.82) is 0 Å². The van der Waals surface area contributed by atoms with Gasteiger partial charge in [-0.15, -0.1) is 0 Å². The fourth-order valence-electron chi connectivity index (χ4n) is 11.4. The van der Waals surface area contributed by atoms with Gasteiger partial charge >= 0.3 is 12.1 Å². The highest BCUT2D eigenvalue weighted by Crippen LogP contribution is 2.38. The van der Waals surface area contributed by atoms with Crippen LogP contribution < -0.4 is 5.32 Å². The minimum Gasteiger partial charge on any atom is -0.460 e. The SMILES string of the molecule is CCOCCOCCOCCOCCNC(=O)O[C@@H]1CC[C@@H](C[C@@H](C)[C@@H]2CC(=O)[C@H](C)/C=C(\C)[C@@H](O)[C@@H](OC)C(=O)[C@H](C)C[C@H](C)/C=C/C=C/C=C(\C)[C@@H](OC)C[C@@H]3CC[C@@H](C)[C@@](O)(O3)C(=O)C(=O)N3CCCC[C@H]3C(=O)O2)C[C@H]1OC. The number of ketones is 3. The maximum absolute atomic E-state index is 14.6. The van der Waals surface area contributed by atoms with Crippen LogP contribution in [0.2, 0.25) is 0 Å². The van der Waals surface area contributed by atoms with Crippen molar-refractivity contribution in [1.82, 2.24) is 10.2 Å². The number of nitrogens with zero attached hydrogens (tertiary/aromatic N) is 1. The molecule has 4 rings (SSSR count). The van der Waals surface area contributed by atoms with Gasteiger partial charge in [0.1, 0.15) is 36.2 Å². The molecule has 3 aliphatic heterocycles. The number of fused-ring (bicyclic) bond motifs is 3. The lowest BCUT2D eigenvalue weighted by Crippen LogP contribution is -2.61. The molecular formula is C62H100N2O18. The second kappa shape index (κ2) is 36.6. The van der Waals surface area contributed by atoms with Gasteiger partial charge in [0.15, 0.2) is 5.78 Å². The number of amides is 2. The van der Waals surface area contributed by atoms with Crippen LogP contribution in [0.5, 0.6) is 0 Å². The number of aliphatic hydroxyl groups excluding tert-OH is 1. The lowest BCUT2D eigenvalue weighted by molar-refractivity contribution is -0.265. The number of hydrogen-bond acceptors (Lipinski definition) is 18. The zero-order valence-corrected chi connectivity index (χ0v) is 51.0. The zero-order chi connectivity index (χ0) is 60.4. The van der Waals surface area contributed by atoms with E-state index in [0.29, 0.717) is 116 Å². The van der Waals surface area contributed by atoms with Crippen molar-refractivity contribution < 1.29 is 86.3 Å². The number of esters is 1. The van der Waals surface area contributed by atoms with Gasteiger partial charge in [-0.2, -0.15) is 0 Å². The molecule has 0 aromatic carbocycles. The summed E-state index contributed by atoms with van der Waals surface area (Å²) in [6.45, 7) is 18.4. The summed E-state index contributed by atoms with van der Waals surface area (Å²) < 4.78 is 57.4. The van der Waals surface area contributed by atoms with Gasteiger partial charge in [0.2, 0.25) is 5.79 Å². The van der Waals surface area contributed by atoms with E-state index in [1.165, 1.54) is 12.0 Å². The summed E-state index contributed by atoms with van der Waals surface area (Å²) >= 11 is 0. The first-order valence-electron chi connectivity index (χ1n) is 29.9. The number of nitrogens with one attached hydrogen (secondary N) is 1. The van der Waals surface area contributed by atoms with E-state index in [4.69, 9.17) is 47.4 Å². The van der Waals surface area contributed by atoms with E-state index >= 15 is 0 Å². The molecule has 0 unspecified atom stereocenters. The Morgan fingerprint density at radius 1 is 0.793 bits per heavy atom. The summed E-state index contributed by atoms with van der Waals surface area (Å²) in [6, 6.07) is -1.19. The van der Waals surface area contributed by atoms with Gasteiger partial charge in [0, 0.05) is 71.6 Å². The molecule has 1 saturated carbocycles. The third-order valence-electron chi connectivity index (χ3n) is 16.5. The summed E-state index contributed by atoms with van der Waals surface area (Å²) in [4.78, 5) is 85.7. The summed E-state index contributed by atoms with van der Waals surface area (Å²) in [5.74, 6) is -8.45. The van der Waals surface area contributed by atoms with Gasteiger partial charge in [-0.05, 0) is 114 Å². The normalized spacial score (nSPS) is 34.4. The maximum atomic E-state index is 14.6. The molecule has 0 aromatic rings. The van der Waals surface area contributed by atoms with Gasteiger partial charge in [-0.3, -0.25) is 19.2 Å². The molecule has 466 valence electrons. The van der Waals surface area contributed by atoms with E-state index in [9.17, 15) is 39.0 Å². The largest absolute Gasteiger partial charge is 0.460 e. The smallest absolute Gasteiger partial charge is 0.407 e. The van der Waals surface area contributed by atoms with E-state index in [-0.39, 0.29) is 55.9 Å². The number of cyclic esters (lactones) is 1. The van der Waals surface area contributed by atoms with Crippen LogP contribution in [0.3, 0.4) is 0 Å². The van der Waals surface area contributed by atoms with Crippen molar-refractivity contribution in [2.45, 2.75) is 187 Å². The highest BCUT2D eigenvalue weighted by Gasteiger charge is 2.53. The number of aliphatic hydroxyl groups is 2. The Hall–Kier alpha value is -4.22. The first kappa shape index (κ1) is 70.3. The molecule has 4 aliphatic rings. The number of ether oxygens (including phenoxy) is 10. The molecule has 3 N–H and O–H groups in total. The van der Waals surface area contributed by atoms with Gasteiger partial charge in [0.05, 0.1) is 64.6 Å². The number of rotatable bonds is 20. The van der Waals surface area contributed by atoms with Crippen molar-refractivity contribution in [2.75, 3.05) is 87.3 Å². The molecule has 20 nitrogen and oxygen atoms in total. The van der Waals surface area contributed by atoms with Crippen LogP contribution in [-0.4, -0.2) is 192 Å². The van der Waals surface area contributed by atoms with Crippen molar-refractivity contribution in [2.24, 2.45) is 35.5 Å². The quantitative estimate of drug-likeness (QED) is 0.0480. The van der Waals surface area contributed by atoms with Crippen LogP contribution in [0.15, 0.2) is 47.6 Å². The standard InChI is InChI=1S/C62H100N2O18/c1-12-76-28-29-78-32-33-79-31-30-77-27-25-63-61(71)81-51-24-22-47(37-54(51)74-10)36-43(5)53-39-50(65)42(4)35-45(7)56(67)57(75-11)55(66)44(6)34-40(2)18-14-13-15-19-41(3)52(73-9)38-48-23-21-46(8)62(72,82-48)58(68)59(69)64-26-17-16-20-49(64)60(70)80-53/h13-15,18-19,35,40,42-44,46-49,51-54,56-57,67,72H,12,16-17,20-34,36-39H2,1-11H3,(H,63,71)/b15-13+,18-14+,41-19+,45-35+/t40-,42-,43-,44-,46-,47+,48+,49+,51-,52+,53+,54-,56-,57+,62-/m1/s1. The molecule has 0 aromatic heterocycles. The Morgan fingerprint density at radius 2 is 1.48 bits per heavy atom. The average Bonchev–Trinajstić information content (AvgIpc) is 3.40. The minimum absolute atomic E-state index is 0.00383. The minimum atomic E-state index is -2.46. The number of alkyl carbamates (subject to hydrolysis) is 1. The zero-order valence-electron chi connectivity index (χ0n) is 51.0. The Labute approximate surface area is 487 Å². The Morgan fingerprint density at radius 3 is 2.13 bits per heavy atom. The molecule has 3 fully saturated rings. The lowest BCUT2D eigenvalue weighted by Gasteiger charge is -2.42. The van der Waals surface area contributed by atoms with Crippen LogP contribution >= 0.6 is 0 Å². The third-order valence-corrected chi connectivity index (χ3v) is 16.5. The molecular weight excluding hydrogens is 1060 g/mol. The van der Waals surface area contributed by atoms with E-state index < -0.39 is 102 Å². The molecule has 15 atom stereocenters. The summed E-state index contributed by atoms with van der Waals surface area (Å²) in [5, 5.41) is 26.4. The van der Waals surface area contributed by atoms with E-state index in [1.54, 1.807) is 48.0 Å². The van der Waals surface area contributed by atoms with Gasteiger partial charge in [-0.1, -0.05) is 71.1 Å². The molecule has 2 saturated heterocycles. The van der Waals surface area contributed by atoms with E-state index in [0.717, 1.165) is 5.57 Å². The fourth-order valence-corrected chi connectivity index (χ4v) is 11.4. The number of carbonyl (C=O) groups excluding carboxylic acids is 6. The van der Waals surface area contributed by atoms with Crippen molar-refractivity contribution >= 4 is 35.3 Å². The topological polar surface area (TPSA) is 250 Å². The fraction of sp³-hybridized carbons (Fsp3) is 0.774. The number of carbonyl (C=O) groups is 6. The van der Waals surface area contributed by atoms with Crippen LogP contribution in [0, 0.1) is 35.5 Å². The van der Waals surface area contributed by atoms with Gasteiger partial charge in [0.25, 0.3) is 11.7 Å². The monoisotopic (exact) mass is 1160 g/mol. The molecule has 0 radical (unpaired) electrons. The summed E-state index contributed by atoms with van der Waals surface area (Å²) in [7, 11) is 4.50. The number of Topliss-reactive ketones (excluding diaryl/α,β-unsaturated/α-hetero) is 3. The first-order valence-corrected chi connectivity index (χ1v) is 29.9. The van der Waals surface area contributed by atoms with Gasteiger partial charge < -0.3 is 67.8 Å². The highest BCUT2D eigenvalue weighted by molar-refractivity contribution is 6.39. The average molecular weight is 1160 g/mol. The molecule has 2 bridgehead atoms. The second-order valence-corrected chi connectivity index (χ2v) is 22.9. The Bertz CT molecular complexity index is 2130. The van der Waals surface area contributed by atoms with Crippen molar-refractivity contribution in [3.8, 4) is 0 Å². The number of methoxy groups -OCH3 is 3. The molecule has 20 heteroatoms. The number of allylic oxidation sites excluding steroid dienone is 6. The third kappa shape index (κ3) is 22.0. The van der Waals surface area contributed by atoms with Crippen LogP contribution in [0.1, 0.15) is 132 Å². The van der Waals surface area contributed by atoms with Crippen LogP contribution in [-0.2, 0) is 71.3 Å². The molecule has 3 heterocycles. The summed E-state index contributed by atoms with van der Waals surface area (Å²) in [6.07, 6.45) is 9.76. The van der Waals surface area contributed by atoms with Crippen LogP contribution in [0.4, 0.5) is 4.79 Å². The highest BCUT2D eigenvalue weighted by atomic mass is 16.6. The molecule has 82 heavy (non-hydrogen) atoms. The van der Waals surface area contributed by atoms with Crippen molar-refractivity contribution in [3.63, 3.8) is 0 Å². The first-order chi connectivity index (χ1) is 39.2. The predicted molar refractivity (Wildman–Crippen MR) is 306 cm³/mol. The lowest BCUT2D eigenvalue weighted by atomic mass is 9.78. The van der Waals surface area contributed by atoms with E-state index in [2.05, 4.69) is 5.32 Å². The van der Waals surface area contributed by atoms with Gasteiger partial charge in [-0.25, -0.2) is 9.59 Å². The van der Waals surface area contributed by atoms with Crippen molar-refractivity contribution in [3.05, 3.63) is 47.6 Å². The van der Waals surface area contributed by atoms with Crippen LogP contribution in [0.25, 0.3) is 0 Å². The Kier molecular flexibility index (Phi) is 31.4. The molecule has 1 aliphatic carbocycles. The van der Waals surface area contributed by atoms with E-state index in [1.807, 2.05) is 58.1 Å².